The van der Waals surface area contributed by atoms with Crippen LogP contribution in [0, 0.1) is 5.92 Å². The van der Waals surface area contributed by atoms with Crippen LogP contribution in [0.15, 0.2) is 42.6 Å². The maximum Gasteiger partial charge on any atom is 0.336 e. The number of sulfonamides is 1. The first kappa shape index (κ1) is 18.5. The highest BCUT2D eigenvalue weighted by Crippen LogP contribution is 2.26. The predicted octanol–water partition coefficient (Wildman–Crippen LogP) is 2.66. The van der Waals surface area contributed by atoms with E-state index in [2.05, 4.69) is 4.98 Å². The van der Waals surface area contributed by atoms with E-state index in [4.69, 9.17) is 0 Å². The summed E-state index contributed by atoms with van der Waals surface area (Å²) in [6.45, 7) is 1.12. The zero-order chi connectivity index (χ0) is 18.7. The maximum atomic E-state index is 11.8. The fourth-order valence-electron chi connectivity index (χ4n) is 3.47. The van der Waals surface area contributed by atoms with Crippen molar-refractivity contribution in [3.63, 3.8) is 0 Å². The summed E-state index contributed by atoms with van der Waals surface area (Å²) in [6.07, 6.45) is 5.52. The quantitative estimate of drug-likeness (QED) is 0.869. The van der Waals surface area contributed by atoms with Crippen LogP contribution in [0.3, 0.4) is 0 Å². The molecule has 1 unspecified atom stereocenters. The Morgan fingerprint density at radius 2 is 2.08 bits per heavy atom. The van der Waals surface area contributed by atoms with Gasteiger partial charge >= 0.3 is 5.97 Å². The molecular formula is C19H22N2O4S. The summed E-state index contributed by atoms with van der Waals surface area (Å²) in [5.41, 5.74) is 2.47. The highest BCUT2D eigenvalue weighted by atomic mass is 32.2. The highest BCUT2D eigenvalue weighted by molar-refractivity contribution is 7.88. The van der Waals surface area contributed by atoms with Gasteiger partial charge in [-0.05, 0) is 48.9 Å². The topological polar surface area (TPSA) is 87.6 Å². The molecule has 3 rings (SSSR count). The summed E-state index contributed by atoms with van der Waals surface area (Å²) in [5, 5.41) is 9.37. The number of pyridine rings is 1. The molecule has 1 N–H and O–H groups in total. The first-order valence-electron chi connectivity index (χ1n) is 8.57. The SMILES string of the molecule is CS(=O)(=O)N1CCCC(Cc2ccnc(-c3ccccc3C(=O)O)c2)C1. The van der Waals surface area contributed by atoms with Gasteiger partial charge in [0.25, 0.3) is 0 Å². The molecule has 1 atom stereocenters. The van der Waals surface area contributed by atoms with Gasteiger partial charge in [-0.1, -0.05) is 18.2 Å². The lowest BCUT2D eigenvalue weighted by Crippen LogP contribution is -2.39. The molecule has 1 saturated heterocycles. The third kappa shape index (κ3) is 4.28. The lowest BCUT2D eigenvalue weighted by atomic mass is 9.92. The Bertz CT molecular complexity index is 911. The Morgan fingerprint density at radius 3 is 2.81 bits per heavy atom. The number of carboxylic acids is 1. The number of aromatic carboxylic acids is 1. The number of aromatic nitrogens is 1. The second-order valence-corrected chi connectivity index (χ2v) is 8.72. The molecule has 0 aliphatic carbocycles. The smallest absolute Gasteiger partial charge is 0.336 e. The second-order valence-electron chi connectivity index (χ2n) is 6.73. The van der Waals surface area contributed by atoms with E-state index in [1.165, 1.54) is 6.26 Å². The van der Waals surface area contributed by atoms with E-state index < -0.39 is 16.0 Å². The molecule has 0 amide bonds. The van der Waals surface area contributed by atoms with Crippen LogP contribution in [-0.2, 0) is 16.4 Å². The molecule has 1 aliphatic rings. The summed E-state index contributed by atoms with van der Waals surface area (Å²) in [4.78, 5) is 15.8. The number of benzene rings is 1. The van der Waals surface area contributed by atoms with Crippen molar-refractivity contribution in [1.82, 2.24) is 9.29 Å². The number of nitrogens with zero attached hydrogens (tertiary/aromatic N) is 2. The molecule has 1 aliphatic heterocycles. The Morgan fingerprint density at radius 1 is 1.31 bits per heavy atom. The molecule has 0 spiro atoms. The van der Waals surface area contributed by atoms with Crippen molar-refractivity contribution in [2.24, 2.45) is 5.92 Å². The normalized spacial score (nSPS) is 18.6. The van der Waals surface area contributed by atoms with E-state index in [-0.39, 0.29) is 11.5 Å². The molecule has 7 heteroatoms. The van der Waals surface area contributed by atoms with Gasteiger partial charge in [0, 0.05) is 24.8 Å². The van der Waals surface area contributed by atoms with Gasteiger partial charge in [-0.25, -0.2) is 17.5 Å². The fraction of sp³-hybridized carbons (Fsp3) is 0.368. The van der Waals surface area contributed by atoms with E-state index in [1.807, 2.05) is 12.1 Å². The van der Waals surface area contributed by atoms with Crippen LogP contribution in [0.1, 0.15) is 28.8 Å². The predicted molar refractivity (Wildman–Crippen MR) is 99.5 cm³/mol. The molecule has 2 heterocycles. The van der Waals surface area contributed by atoms with Gasteiger partial charge in [-0.2, -0.15) is 0 Å². The molecular weight excluding hydrogens is 352 g/mol. The van der Waals surface area contributed by atoms with Crippen LogP contribution in [0.2, 0.25) is 0 Å². The minimum absolute atomic E-state index is 0.220. The zero-order valence-electron chi connectivity index (χ0n) is 14.6. The first-order chi connectivity index (χ1) is 12.3. The van der Waals surface area contributed by atoms with Gasteiger partial charge in [-0.3, -0.25) is 4.98 Å². The lowest BCUT2D eigenvalue weighted by Gasteiger charge is -2.31. The Hall–Kier alpha value is -2.25. The number of carbonyl (C=O) groups is 1. The van der Waals surface area contributed by atoms with Crippen molar-refractivity contribution in [1.29, 1.82) is 0 Å². The highest BCUT2D eigenvalue weighted by Gasteiger charge is 2.26. The van der Waals surface area contributed by atoms with E-state index in [0.29, 0.717) is 24.3 Å². The van der Waals surface area contributed by atoms with Crippen LogP contribution in [0.5, 0.6) is 0 Å². The zero-order valence-corrected chi connectivity index (χ0v) is 15.4. The molecule has 138 valence electrons. The Kier molecular flexibility index (Phi) is 5.38. The molecule has 1 aromatic heterocycles. The third-order valence-corrected chi connectivity index (χ3v) is 6.00. The standard InChI is InChI=1S/C19H22N2O4S/c1-26(24,25)21-10-4-5-15(13-21)11-14-8-9-20-18(12-14)16-6-2-3-7-17(16)19(22)23/h2-3,6-9,12,15H,4-5,10-11,13H2,1H3,(H,22,23). The van der Waals surface area contributed by atoms with Crippen molar-refractivity contribution >= 4 is 16.0 Å². The molecule has 6 nitrogen and oxygen atoms in total. The maximum absolute atomic E-state index is 11.8. The number of hydrogen-bond acceptors (Lipinski definition) is 4. The van der Waals surface area contributed by atoms with Gasteiger partial charge in [-0.15, -0.1) is 0 Å². The van der Waals surface area contributed by atoms with Crippen molar-refractivity contribution < 1.29 is 18.3 Å². The fourth-order valence-corrected chi connectivity index (χ4v) is 4.41. The van der Waals surface area contributed by atoms with Gasteiger partial charge in [0.15, 0.2) is 0 Å². The number of rotatable bonds is 5. The molecule has 1 fully saturated rings. The van der Waals surface area contributed by atoms with E-state index in [0.717, 1.165) is 24.8 Å². The summed E-state index contributed by atoms with van der Waals surface area (Å²) in [6, 6.07) is 10.6. The number of hydrogen-bond donors (Lipinski definition) is 1. The molecule has 1 aromatic carbocycles. The Balaban J connectivity index is 1.81. The number of carboxylic acid groups (broad SMARTS) is 1. The monoisotopic (exact) mass is 374 g/mol. The van der Waals surface area contributed by atoms with E-state index in [9.17, 15) is 18.3 Å². The van der Waals surface area contributed by atoms with Gasteiger partial charge in [0.2, 0.25) is 10.0 Å². The van der Waals surface area contributed by atoms with Crippen LogP contribution >= 0.6 is 0 Å². The first-order valence-corrected chi connectivity index (χ1v) is 10.4. The second kappa shape index (κ2) is 7.55. The molecule has 0 radical (unpaired) electrons. The van der Waals surface area contributed by atoms with Crippen LogP contribution in [0.25, 0.3) is 11.3 Å². The van der Waals surface area contributed by atoms with Crippen molar-refractivity contribution in [3.8, 4) is 11.3 Å². The summed E-state index contributed by atoms with van der Waals surface area (Å²) in [5.74, 6) is -0.729. The van der Waals surface area contributed by atoms with Crippen LogP contribution in [0.4, 0.5) is 0 Å². The lowest BCUT2D eigenvalue weighted by molar-refractivity contribution is 0.0697. The van der Waals surface area contributed by atoms with Crippen molar-refractivity contribution in [2.45, 2.75) is 19.3 Å². The summed E-state index contributed by atoms with van der Waals surface area (Å²) >= 11 is 0. The average Bonchev–Trinajstić information content (AvgIpc) is 2.61. The Labute approximate surface area is 153 Å². The average molecular weight is 374 g/mol. The van der Waals surface area contributed by atoms with Gasteiger partial charge in [0.05, 0.1) is 17.5 Å². The van der Waals surface area contributed by atoms with Crippen LogP contribution < -0.4 is 0 Å². The summed E-state index contributed by atoms with van der Waals surface area (Å²) in [7, 11) is -3.16. The van der Waals surface area contributed by atoms with Crippen molar-refractivity contribution in [2.75, 3.05) is 19.3 Å². The molecule has 0 saturated carbocycles. The van der Waals surface area contributed by atoms with E-state index >= 15 is 0 Å². The van der Waals surface area contributed by atoms with Gasteiger partial charge < -0.3 is 5.11 Å². The minimum Gasteiger partial charge on any atom is -0.478 e. The molecule has 0 bridgehead atoms. The molecule has 2 aromatic rings. The third-order valence-electron chi connectivity index (χ3n) is 4.73. The summed E-state index contributed by atoms with van der Waals surface area (Å²) < 4.78 is 25.1. The van der Waals surface area contributed by atoms with Crippen molar-refractivity contribution in [3.05, 3.63) is 53.7 Å². The number of piperidine rings is 1. The van der Waals surface area contributed by atoms with E-state index in [1.54, 1.807) is 34.8 Å². The van der Waals surface area contributed by atoms with Crippen LogP contribution in [-0.4, -0.2) is 48.1 Å². The molecule has 26 heavy (non-hydrogen) atoms. The van der Waals surface area contributed by atoms with Gasteiger partial charge in [0.1, 0.15) is 0 Å². The largest absolute Gasteiger partial charge is 0.478 e. The minimum atomic E-state index is -3.16.